The number of aromatic nitrogens is 4. The van der Waals surface area contributed by atoms with Gasteiger partial charge in [0.05, 0.1) is 36.6 Å². The number of carboxylic acid groups (broad SMARTS) is 1. The van der Waals surface area contributed by atoms with E-state index in [1.165, 1.54) is 16.3 Å². The number of hydrogen-bond donors (Lipinski definition) is 5. The van der Waals surface area contributed by atoms with E-state index in [2.05, 4.69) is 9.97 Å². The number of aryl methyl sites for hydroxylation is 2. The van der Waals surface area contributed by atoms with Gasteiger partial charge in [0.15, 0.2) is 17.3 Å². The number of thioether (sulfide) groups is 1. The van der Waals surface area contributed by atoms with Crippen LogP contribution in [-0.2, 0) is 22.7 Å². The number of benzene rings is 1. The molecule has 0 radical (unpaired) electrons. The minimum Gasteiger partial charge on any atom is -0.481 e. The molecular weight excluding hydrogens is 532 g/mol. The van der Waals surface area contributed by atoms with Gasteiger partial charge in [0.1, 0.15) is 18.3 Å². The molecule has 1 aromatic carbocycles. The number of carbonyl (C=O) groups excluding carboxylic acids is 1. The van der Waals surface area contributed by atoms with Crippen LogP contribution in [0, 0.1) is 19.8 Å². The molecule has 212 valence electrons. The quantitative estimate of drug-likeness (QED) is 0.161. The molecule has 0 aliphatic carbocycles. The smallest absolute Gasteiger partial charge is 0.353 e. The normalized spacial score (nSPS) is 14.8. The maximum Gasteiger partial charge on any atom is 0.353 e. The average molecular weight is 565 g/mol. The summed E-state index contributed by atoms with van der Waals surface area (Å²) in [5.41, 5.74) is 0.0981. The fraction of sp³-hybridized carbons (Fsp3) is 0.520. The number of fused-ring (bicyclic) bond motifs is 2. The third-order valence-electron chi connectivity index (χ3n) is 6.63. The van der Waals surface area contributed by atoms with Gasteiger partial charge in [-0.1, -0.05) is 0 Å². The summed E-state index contributed by atoms with van der Waals surface area (Å²) in [6.45, 7) is 1.75. The highest BCUT2D eigenvalue weighted by molar-refractivity contribution is 7.98. The number of carboxylic acids is 1. The van der Waals surface area contributed by atoms with Gasteiger partial charge >= 0.3 is 11.7 Å². The maximum atomic E-state index is 13.4. The molecule has 4 atom stereocenters. The number of Topliss-reactive ketones (excluding diaryl/α,β-unsaturated/α-hetero) is 1. The predicted molar refractivity (Wildman–Crippen MR) is 143 cm³/mol. The van der Waals surface area contributed by atoms with Gasteiger partial charge in [0.2, 0.25) is 0 Å². The van der Waals surface area contributed by atoms with Crippen LogP contribution in [0.1, 0.15) is 24.0 Å². The standard InChI is InChI=1S/C25H32N4O9S/c1-12-6-16-17(7-13(12)2)28(10-18(32)21(34)19(33)11-30)22-20(26-16)23(35)29(25(38)27-22)9-15(31)8-14(24(36)37)4-5-39-3/h6-7,14,18-19,21,30,32-34H,4-5,8-11H2,1-3H3,(H,36,37)/t14?,18-,19+,21-/m1/s1. The Kier molecular flexibility index (Phi) is 9.96. The molecule has 2 heterocycles. The van der Waals surface area contributed by atoms with Crippen LogP contribution in [0.2, 0.25) is 0 Å². The number of aliphatic hydroxyl groups is 4. The molecule has 0 saturated carbocycles. The van der Waals surface area contributed by atoms with Crippen molar-refractivity contribution in [2.45, 2.75) is 58.1 Å². The summed E-state index contributed by atoms with van der Waals surface area (Å²) in [5, 5.41) is 49.1. The summed E-state index contributed by atoms with van der Waals surface area (Å²) in [6.07, 6.45) is -3.30. The Hall–Kier alpha value is -3.17. The zero-order chi connectivity index (χ0) is 29.0. The Morgan fingerprint density at radius 1 is 1.03 bits per heavy atom. The van der Waals surface area contributed by atoms with Gasteiger partial charge < -0.3 is 30.1 Å². The molecule has 2 aliphatic rings. The van der Waals surface area contributed by atoms with E-state index in [1.54, 1.807) is 12.1 Å². The minimum absolute atomic E-state index is 0.211. The Morgan fingerprint density at radius 3 is 2.31 bits per heavy atom. The van der Waals surface area contributed by atoms with Crippen LogP contribution in [0.3, 0.4) is 0 Å². The topological polar surface area (TPSA) is 205 Å². The number of carbonyl (C=O) groups is 2. The first-order chi connectivity index (χ1) is 18.4. The lowest BCUT2D eigenvalue weighted by Gasteiger charge is -2.25. The number of hydrogen-bond acceptors (Lipinski definition) is 11. The predicted octanol–water partition coefficient (Wildman–Crippen LogP) is -0.837. The molecule has 14 heteroatoms. The first-order valence-electron chi connectivity index (χ1n) is 12.2. The average Bonchev–Trinajstić information content (AvgIpc) is 2.89. The summed E-state index contributed by atoms with van der Waals surface area (Å²) in [5.74, 6) is -2.41. The van der Waals surface area contributed by atoms with Crippen LogP contribution in [0.5, 0.6) is 0 Å². The van der Waals surface area contributed by atoms with E-state index in [4.69, 9.17) is 5.11 Å². The Bertz CT molecular complexity index is 1450. The van der Waals surface area contributed by atoms with E-state index in [-0.39, 0.29) is 24.4 Å². The second-order valence-corrected chi connectivity index (χ2v) is 10.5. The van der Waals surface area contributed by atoms with Crippen molar-refractivity contribution < 1.29 is 35.1 Å². The SMILES string of the molecule is CSCCC(CC(=O)Cn1c(=O)nc2n(C[C@@H](O)[C@@H](O)[C@@H](O)CO)c3cc(C)c(C)cc3nc-2c1=O)C(=O)O. The third-order valence-corrected chi connectivity index (χ3v) is 7.28. The lowest BCUT2D eigenvalue weighted by Crippen LogP contribution is -2.43. The summed E-state index contributed by atoms with van der Waals surface area (Å²) < 4.78 is 1.92. The molecule has 0 saturated heterocycles. The van der Waals surface area contributed by atoms with Crippen LogP contribution in [0.4, 0.5) is 0 Å². The highest BCUT2D eigenvalue weighted by Gasteiger charge is 2.29. The molecular formula is C25H32N4O9S. The van der Waals surface area contributed by atoms with E-state index in [0.717, 1.165) is 11.1 Å². The Morgan fingerprint density at radius 2 is 1.69 bits per heavy atom. The van der Waals surface area contributed by atoms with Gasteiger partial charge in [-0.05, 0) is 55.5 Å². The van der Waals surface area contributed by atoms with Crippen molar-refractivity contribution in [1.82, 2.24) is 19.1 Å². The van der Waals surface area contributed by atoms with E-state index >= 15 is 0 Å². The lowest BCUT2D eigenvalue weighted by atomic mass is 10.00. The molecule has 3 rings (SSSR count). The molecule has 0 spiro atoms. The summed E-state index contributed by atoms with van der Waals surface area (Å²) >= 11 is 1.44. The highest BCUT2D eigenvalue weighted by Crippen LogP contribution is 2.25. The molecule has 13 nitrogen and oxygen atoms in total. The van der Waals surface area contributed by atoms with Gasteiger partial charge in [0.25, 0.3) is 5.56 Å². The van der Waals surface area contributed by atoms with E-state index in [1.807, 2.05) is 20.1 Å². The molecule has 0 bridgehead atoms. The largest absolute Gasteiger partial charge is 0.481 e. The zero-order valence-corrected chi connectivity index (χ0v) is 22.6. The molecule has 5 N–H and O–H groups in total. The second-order valence-electron chi connectivity index (χ2n) is 9.47. The molecule has 1 aromatic rings. The summed E-state index contributed by atoms with van der Waals surface area (Å²) in [7, 11) is 0. The molecule has 0 aromatic heterocycles. The van der Waals surface area contributed by atoms with Crippen molar-refractivity contribution in [3.63, 3.8) is 0 Å². The molecule has 0 amide bonds. The minimum atomic E-state index is -1.75. The van der Waals surface area contributed by atoms with Crippen molar-refractivity contribution in [3.05, 3.63) is 44.1 Å². The van der Waals surface area contributed by atoms with Crippen LogP contribution in [0.15, 0.2) is 21.7 Å². The number of aliphatic hydroxyl groups excluding tert-OH is 4. The number of aliphatic carboxylic acids is 1. The van der Waals surface area contributed by atoms with Crippen LogP contribution < -0.4 is 11.2 Å². The Labute approximate surface area is 227 Å². The van der Waals surface area contributed by atoms with Crippen molar-refractivity contribution in [2.75, 3.05) is 18.6 Å². The van der Waals surface area contributed by atoms with Crippen molar-refractivity contribution in [3.8, 4) is 11.5 Å². The molecule has 1 unspecified atom stereocenters. The summed E-state index contributed by atoms with van der Waals surface area (Å²) in [6, 6.07) is 3.40. The zero-order valence-electron chi connectivity index (χ0n) is 21.8. The van der Waals surface area contributed by atoms with Gasteiger partial charge in [-0.25, -0.2) is 14.3 Å². The van der Waals surface area contributed by atoms with Gasteiger partial charge in [-0.15, -0.1) is 0 Å². The van der Waals surface area contributed by atoms with Crippen LogP contribution in [0.25, 0.3) is 22.6 Å². The van der Waals surface area contributed by atoms with E-state index < -0.39 is 66.9 Å². The van der Waals surface area contributed by atoms with Crippen LogP contribution >= 0.6 is 11.8 Å². The molecule has 0 fully saturated rings. The first-order valence-corrected chi connectivity index (χ1v) is 13.6. The first kappa shape index (κ1) is 30.4. The fourth-order valence-electron chi connectivity index (χ4n) is 4.20. The van der Waals surface area contributed by atoms with E-state index in [0.29, 0.717) is 21.4 Å². The van der Waals surface area contributed by atoms with Gasteiger partial charge in [-0.2, -0.15) is 16.7 Å². The molecule has 2 aliphatic heterocycles. The van der Waals surface area contributed by atoms with Crippen molar-refractivity contribution in [2.24, 2.45) is 5.92 Å². The van der Waals surface area contributed by atoms with Crippen molar-refractivity contribution in [1.29, 1.82) is 0 Å². The highest BCUT2D eigenvalue weighted by atomic mass is 32.2. The monoisotopic (exact) mass is 564 g/mol. The van der Waals surface area contributed by atoms with Gasteiger partial charge in [-0.3, -0.25) is 14.4 Å². The summed E-state index contributed by atoms with van der Waals surface area (Å²) in [4.78, 5) is 58.9. The lowest BCUT2D eigenvalue weighted by molar-refractivity contribution is -0.143. The third kappa shape index (κ3) is 6.70. The second kappa shape index (κ2) is 12.8. The Balaban J connectivity index is 2.12. The van der Waals surface area contributed by atoms with Crippen molar-refractivity contribution >= 4 is 34.5 Å². The van der Waals surface area contributed by atoms with E-state index in [9.17, 15) is 39.6 Å². The van der Waals surface area contributed by atoms with Gasteiger partial charge in [0, 0.05) is 6.42 Å². The maximum absolute atomic E-state index is 13.4. The molecule has 39 heavy (non-hydrogen) atoms. The fourth-order valence-corrected chi connectivity index (χ4v) is 4.72. The number of rotatable bonds is 13. The number of ketones is 1. The number of nitrogens with zero attached hydrogens (tertiary/aromatic N) is 4. The van der Waals surface area contributed by atoms with Crippen LogP contribution in [-0.4, -0.2) is 93.3 Å².